The van der Waals surface area contributed by atoms with Gasteiger partial charge in [0, 0.05) is 0 Å². The number of hydrogen-bond donors (Lipinski definition) is 1. The molecule has 0 unspecified atom stereocenters. The van der Waals surface area contributed by atoms with Crippen molar-refractivity contribution in [2.24, 2.45) is 5.73 Å². The van der Waals surface area contributed by atoms with Gasteiger partial charge in [0.15, 0.2) is 0 Å². The number of methoxy groups -OCH3 is 1. The number of nitrogens with two attached hydrogens (primary N) is 1. The zero-order chi connectivity index (χ0) is 12.1. The summed E-state index contributed by atoms with van der Waals surface area (Å²) < 4.78 is 10.7. The number of para-hydroxylation sites is 1. The summed E-state index contributed by atoms with van der Waals surface area (Å²) in [5.41, 5.74) is 7.26. The molecule has 4 nitrogen and oxygen atoms in total. The molecule has 90 valence electrons. The first-order valence-corrected chi connectivity index (χ1v) is 5.63. The summed E-state index contributed by atoms with van der Waals surface area (Å²) in [4.78, 5) is 4.42. The summed E-state index contributed by atoms with van der Waals surface area (Å²) in [6.45, 7) is 0.664. The number of oxazole rings is 1. The van der Waals surface area contributed by atoms with Gasteiger partial charge in [-0.25, -0.2) is 4.98 Å². The van der Waals surface area contributed by atoms with Gasteiger partial charge in [0.1, 0.15) is 12.0 Å². The van der Waals surface area contributed by atoms with Crippen LogP contribution in [0.25, 0.3) is 11.5 Å². The van der Waals surface area contributed by atoms with Gasteiger partial charge in [-0.3, -0.25) is 0 Å². The molecule has 2 N–H and O–H groups in total. The highest BCUT2D eigenvalue weighted by Crippen LogP contribution is 2.28. The number of rotatable bonds is 5. The SMILES string of the molecule is COc1ccccc1-c1nc(CCCN)co1. The summed E-state index contributed by atoms with van der Waals surface area (Å²) in [7, 11) is 1.64. The highest BCUT2D eigenvalue weighted by molar-refractivity contribution is 5.62. The molecule has 17 heavy (non-hydrogen) atoms. The standard InChI is InChI=1S/C13H16N2O2/c1-16-12-7-3-2-6-11(12)13-15-10(9-17-13)5-4-8-14/h2-3,6-7,9H,4-5,8,14H2,1H3. The van der Waals surface area contributed by atoms with E-state index in [4.69, 9.17) is 14.9 Å². The zero-order valence-corrected chi connectivity index (χ0v) is 9.85. The predicted molar refractivity (Wildman–Crippen MR) is 65.9 cm³/mol. The Bertz CT molecular complexity index is 480. The van der Waals surface area contributed by atoms with Crippen molar-refractivity contribution in [2.45, 2.75) is 12.8 Å². The average molecular weight is 232 g/mol. The summed E-state index contributed by atoms with van der Waals surface area (Å²) in [5, 5.41) is 0. The smallest absolute Gasteiger partial charge is 0.229 e. The molecule has 0 radical (unpaired) electrons. The molecular weight excluding hydrogens is 216 g/mol. The van der Waals surface area contributed by atoms with E-state index < -0.39 is 0 Å². The number of hydrogen-bond acceptors (Lipinski definition) is 4. The Morgan fingerprint density at radius 3 is 2.94 bits per heavy atom. The summed E-state index contributed by atoms with van der Waals surface area (Å²) in [6.07, 6.45) is 3.44. The van der Waals surface area contributed by atoms with Gasteiger partial charge in [-0.2, -0.15) is 0 Å². The maximum Gasteiger partial charge on any atom is 0.229 e. The number of nitrogens with zero attached hydrogens (tertiary/aromatic N) is 1. The van der Waals surface area contributed by atoms with Crippen molar-refractivity contribution in [1.29, 1.82) is 0 Å². The molecule has 4 heteroatoms. The molecule has 0 fully saturated rings. The van der Waals surface area contributed by atoms with Crippen molar-refractivity contribution in [3.63, 3.8) is 0 Å². The predicted octanol–water partition coefficient (Wildman–Crippen LogP) is 2.24. The largest absolute Gasteiger partial charge is 0.496 e. The second-order valence-corrected chi connectivity index (χ2v) is 3.74. The third kappa shape index (κ3) is 2.65. The highest BCUT2D eigenvalue weighted by Gasteiger charge is 2.10. The van der Waals surface area contributed by atoms with Gasteiger partial charge < -0.3 is 14.9 Å². The van der Waals surface area contributed by atoms with E-state index in [0.717, 1.165) is 29.8 Å². The molecule has 0 amide bonds. The van der Waals surface area contributed by atoms with E-state index in [1.165, 1.54) is 0 Å². The third-order valence-corrected chi connectivity index (χ3v) is 2.53. The fourth-order valence-electron chi connectivity index (χ4n) is 1.65. The maximum atomic E-state index is 5.46. The fraction of sp³-hybridized carbons (Fsp3) is 0.308. The second kappa shape index (κ2) is 5.50. The van der Waals surface area contributed by atoms with Gasteiger partial charge in [-0.15, -0.1) is 0 Å². The first kappa shape index (κ1) is 11.7. The van der Waals surface area contributed by atoms with E-state index in [-0.39, 0.29) is 0 Å². The lowest BCUT2D eigenvalue weighted by Gasteiger charge is -2.03. The molecule has 0 saturated carbocycles. The first-order valence-electron chi connectivity index (χ1n) is 5.63. The van der Waals surface area contributed by atoms with Crippen LogP contribution in [-0.2, 0) is 6.42 Å². The second-order valence-electron chi connectivity index (χ2n) is 3.74. The molecule has 0 bridgehead atoms. The fourth-order valence-corrected chi connectivity index (χ4v) is 1.65. The molecule has 0 aliphatic rings. The van der Waals surface area contributed by atoms with E-state index >= 15 is 0 Å². The van der Waals surface area contributed by atoms with Crippen LogP contribution in [0.4, 0.5) is 0 Å². The Balaban J connectivity index is 2.24. The minimum absolute atomic E-state index is 0.592. The molecule has 0 aliphatic heterocycles. The maximum absolute atomic E-state index is 5.46. The van der Waals surface area contributed by atoms with Crippen LogP contribution < -0.4 is 10.5 Å². The van der Waals surface area contributed by atoms with E-state index in [1.807, 2.05) is 24.3 Å². The van der Waals surface area contributed by atoms with Gasteiger partial charge in [0.25, 0.3) is 0 Å². The van der Waals surface area contributed by atoms with Crippen LogP contribution in [0.15, 0.2) is 34.9 Å². The first-order chi connectivity index (χ1) is 8.35. The molecule has 2 rings (SSSR count). The molecular formula is C13H16N2O2. The van der Waals surface area contributed by atoms with Gasteiger partial charge in [-0.1, -0.05) is 12.1 Å². The topological polar surface area (TPSA) is 61.3 Å². The van der Waals surface area contributed by atoms with Crippen molar-refractivity contribution >= 4 is 0 Å². The molecule has 1 aromatic carbocycles. The van der Waals surface area contributed by atoms with Crippen LogP contribution in [0.1, 0.15) is 12.1 Å². The highest BCUT2D eigenvalue weighted by atomic mass is 16.5. The minimum Gasteiger partial charge on any atom is -0.496 e. The van der Waals surface area contributed by atoms with E-state index in [2.05, 4.69) is 4.98 Å². The summed E-state index contributed by atoms with van der Waals surface area (Å²) in [5.74, 6) is 1.36. The van der Waals surface area contributed by atoms with Gasteiger partial charge in [0.2, 0.25) is 5.89 Å². The van der Waals surface area contributed by atoms with Gasteiger partial charge in [0.05, 0.1) is 18.4 Å². The van der Waals surface area contributed by atoms with Crippen LogP contribution in [0.2, 0.25) is 0 Å². The Morgan fingerprint density at radius 1 is 1.35 bits per heavy atom. The Morgan fingerprint density at radius 2 is 2.18 bits per heavy atom. The summed E-state index contributed by atoms with van der Waals surface area (Å²) >= 11 is 0. The summed E-state index contributed by atoms with van der Waals surface area (Å²) in [6, 6.07) is 7.67. The number of ether oxygens (including phenoxy) is 1. The zero-order valence-electron chi connectivity index (χ0n) is 9.85. The van der Waals surface area contributed by atoms with E-state index in [1.54, 1.807) is 13.4 Å². The van der Waals surface area contributed by atoms with Gasteiger partial charge in [-0.05, 0) is 31.5 Å². The lowest BCUT2D eigenvalue weighted by atomic mass is 10.2. The molecule has 0 spiro atoms. The number of aromatic nitrogens is 1. The lowest BCUT2D eigenvalue weighted by molar-refractivity contribution is 0.414. The normalized spacial score (nSPS) is 10.5. The van der Waals surface area contributed by atoms with Crippen molar-refractivity contribution in [3.8, 4) is 17.2 Å². The van der Waals surface area contributed by atoms with Crippen LogP contribution in [-0.4, -0.2) is 18.6 Å². The molecule has 1 heterocycles. The minimum atomic E-state index is 0.592. The number of benzene rings is 1. The average Bonchev–Trinajstić information content (AvgIpc) is 2.85. The Hall–Kier alpha value is -1.81. The van der Waals surface area contributed by atoms with Crippen LogP contribution >= 0.6 is 0 Å². The van der Waals surface area contributed by atoms with E-state index in [9.17, 15) is 0 Å². The molecule has 1 aromatic heterocycles. The molecule has 2 aromatic rings. The van der Waals surface area contributed by atoms with Gasteiger partial charge >= 0.3 is 0 Å². The van der Waals surface area contributed by atoms with Crippen LogP contribution in [0.3, 0.4) is 0 Å². The Kier molecular flexibility index (Phi) is 3.77. The quantitative estimate of drug-likeness (QED) is 0.858. The lowest BCUT2D eigenvalue weighted by Crippen LogP contribution is -2.00. The molecule has 0 aliphatic carbocycles. The van der Waals surface area contributed by atoms with Crippen LogP contribution in [0.5, 0.6) is 5.75 Å². The monoisotopic (exact) mass is 232 g/mol. The van der Waals surface area contributed by atoms with Crippen LogP contribution in [0, 0.1) is 0 Å². The van der Waals surface area contributed by atoms with Crippen molar-refractivity contribution in [3.05, 3.63) is 36.2 Å². The third-order valence-electron chi connectivity index (χ3n) is 2.53. The van der Waals surface area contributed by atoms with Crippen molar-refractivity contribution < 1.29 is 9.15 Å². The number of aryl methyl sites for hydroxylation is 1. The molecule has 0 saturated heterocycles. The molecule has 0 atom stereocenters. The van der Waals surface area contributed by atoms with E-state index in [0.29, 0.717) is 12.4 Å². The van der Waals surface area contributed by atoms with Crippen molar-refractivity contribution in [2.75, 3.05) is 13.7 Å². The Labute approximate surface area is 100 Å². The van der Waals surface area contributed by atoms with Crippen molar-refractivity contribution in [1.82, 2.24) is 4.98 Å².